The van der Waals surface area contributed by atoms with Crippen LogP contribution >= 0.6 is 0 Å². The summed E-state index contributed by atoms with van der Waals surface area (Å²) in [6, 6.07) is 10.5. The lowest BCUT2D eigenvalue weighted by atomic mass is 10.1. The van der Waals surface area contributed by atoms with Crippen LogP contribution in [0.1, 0.15) is 18.4 Å². The average Bonchev–Trinajstić information content (AvgIpc) is 2.96. The molecule has 4 rings (SSSR count). The number of halogens is 4. The van der Waals surface area contributed by atoms with Gasteiger partial charge in [-0.3, -0.25) is 9.78 Å². The number of aliphatic carboxylic acids is 1. The molecule has 4 aromatic rings. The second-order valence-corrected chi connectivity index (χ2v) is 9.17. The molecule has 0 saturated carbocycles. The van der Waals surface area contributed by atoms with E-state index < -0.39 is 35.6 Å². The first-order valence-electron chi connectivity index (χ1n) is 12.7. The monoisotopic (exact) mass is 602 g/mol. The number of nitrogens with zero attached hydrogens (tertiary/aromatic N) is 1. The van der Waals surface area contributed by atoms with Crippen molar-refractivity contribution >= 4 is 34.3 Å². The molecule has 0 saturated heterocycles. The van der Waals surface area contributed by atoms with Gasteiger partial charge in [-0.15, -0.1) is 0 Å². The molecule has 0 aliphatic heterocycles. The predicted octanol–water partition coefficient (Wildman–Crippen LogP) is 6.41. The summed E-state index contributed by atoms with van der Waals surface area (Å²) in [5, 5.41) is 14.2. The van der Waals surface area contributed by atoms with Gasteiger partial charge >= 0.3 is 18.2 Å². The highest BCUT2D eigenvalue weighted by atomic mass is 19.4. The molecule has 14 heteroatoms. The second kappa shape index (κ2) is 13.2. The number of ether oxygens (including phenoxy) is 3. The van der Waals surface area contributed by atoms with E-state index in [0.29, 0.717) is 28.8 Å². The number of hydrogen-bond donors (Lipinski definition) is 4. The number of fused-ring (bicyclic) bond motifs is 1. The van der Waals surface area contributed by atoms with Crippen LogP contribution in [-0.2, 0) is 11.0 Å². The molecule has 1 aromatic heterocycles. The molecule has 0 unspecified atom stereocenters. The van der Waals surface area contributed by atoms with Crippen LogP contribution in [0, 0.1) is 5.82 Å². The molecule has 43 heavy (non-hydrogen) atoms. The molecule has 0 aliphatic carbocycles. The summed E-state index contributed by atoms with van der Waals surface area (Å²) < 4.78 is 70.1. The van der Waals surface area contributed by atoms with Crippen LogP contribution in [0.4, 0.5) is 33.7 Å². The van der Waals surface area contributed by atoms with Gasteiger partial charge in [-0.1, -0.05) is 0 Å². The average molecular weight is 603 g/mol. The number of methoxy groups -OCH3 is 1. The molecule has 0 spiro atoms. The Morgan fingerprint density at radius 3 is 2.30 bits per heavy atom. The Morgan fingerprint density at radius 2 is 1.65 bits per heavy atom. The maximum atomic E-state index is 14.9. The third-order valence-corrected chi connectivity index (χ3v) is 6.10. The van der Waals surface area contributed by atoms with Crippen LogP contribution in [0.2, 0.25) is 0 Å². The lowest BCUT2D eigenvalue weighted by molar-refractivity contribution is -0.139. The quantitative estimate of drug-likeness (QED) is 0.114. The van der Waals surface area contributed by atoms with E-state index >= 15 is 0 Å². The number of pyridine rings is 1. The minimum absolute atomic E-state index is 0.0709. The molecular weight excluding hydrogens is 576 g/mol. The van der Waals surface area contributed by atoms with Crippen LogP contribution in [-0.4, -0.2) is 41.8 Å². The van der Waals surface area contributed by atoms with Crippen molar-refractivity contribution in [2.75, 3.05) is 24.4 Å². The highest BCUT2D eigenvalue weighted by Crippen LogP contribution is 2.38. The fourth-order valence-corrected chi connectivity index (χ4v) is 3.91. The maximum Gasteiger partial charge on any atom is 0.416 e. The number of anilines is 2. The van der Waals surface area contributed by atoms with Gasteiger partial charge in [0.15, 0.2) is 23.1 Å². The topological polar surface area (TPSA) is 145 Å². The minimum atomic E-state index is -4.50. The molecule has 0 bridgehead atoms. The van der Waals surface area contributed by atoms with Gasteiger partial charge < -0.3 is 35.7 Å². The first-order valence-corrected chi connectivity index (χ1v) is 12.7. The van der Waals surface area contributed by atoms with E-state index in [1.54, 1.807) is 12.1 Å². The van der Waals surface area contributed by atoms with E-state index in [4.69, 9.17) is 25.1 Å². The first kappa shape index (κ1) is 30.8. The van der Waals surface area contributed by atoms with Gasteiger partial charge in [-0.2, -0.15) is 13.2 Å². The van der Waals surface area contributed by atoms with Crippen molar-refractivity contribution in [3.05, 3.63) is 78.2 Å². The van der Waals surface area contributed by atoms with Crippen molar-refractivity contribution < 1.29 is 46.5 Å². The number of amides is 2. The number of rotatable bonds is 11. The second-order valence-electron chi connectivity index (χ2n) is 9.17. The van der Waals surface area contributed by atoms with Crippen molar-refractivity contribution in [1.29, 1.82) is 0 Å². The van der Waals surface area contributed by atoms with Crippen LogP contribution in [0.5, 0.6) is 23.0 Å². The minimum Gasteiger partial charge on any atom is -0.493 e. The van der Waals surface area contributed by atoms with Gasteiger partial charge in [0.1, 0.15) is 11.8 Å². The van der Waals surface area contributed by atoms with E-state index in [2.05, 4.69) is 15.6 Å². The Balaban J connectivity index is 1.43. The summed E-state index contributed by atoms with van der Waals surface area (Å²) >= 11 is 0. The highest BCUT2D eigenvalue weighted by molar-refractivity contribution is 5.99. The van der Waals surface area contributed by atoms with Gasteiger partial charge in [0.05, 0.1) is 24.8 Å². The summed E-state index contributed by atoms with van der Waals surface area (Å²) in [4.78, 5) is 27.4. The Bertz CT molecular complexity index is 1620. The smallest absolute Gasteiger partial charge is 0.416 e. The molecule has 1 atom stereocenters. The van der Waals surface area contributed by atoms with E-state index in [1.807, 2.05) is 0 Å². The number of carboxylic acid groups (broad SMARTS) is 1. The van der Waals surface area contributed by atoms with Crippen molar-refractivity contribution in [2.24, 2.45) is 5.73 Å². The van der Waals surface area contributed by atoms with Gasteiger partial charge in [0.2, 0.25) is 0 Å². The predicted molar refractivity (Wildman–Crippen MR) is 149 cm³/mol. The number of hydrogen-bond acceptors (Lipinski definition) is 7. The van der Waals surface area contributed by atoms with E-state index in [9.17, 15) is 27.2 Å². The maximum absolute atomic E-state index is 14.9. The molecule has 1 heterocycles. The summed E-state index contributed by atoms with van der Waals surface area (Å²) in [6.07, 6.45) is -2.42. The molecule has 0 radical (unpaired) electrons. The standard InChI is InChI=1S/C29H26F4N4O6/c1-41-25-14-19-22(15-26(25)42-12-2-3-21(34)27(38)39)35-11-10-23(19)43-24-9-8-18(13-20(24)30)37-28(40)36-17-6-4-16(5-7-17)29(31,32)33/h4-11,13-15,21H,2-3,12,34H2,1H3,(H,38,39)(H2,36,37,40)/t21-/m1/s1. The van der Waals surface area contributed by atoms with Gasteiger partial charge in [0.25, 0.3) is 0 Å². The summed E-state index contributed by atoms with van der Waals surface area (Å²) in [5.74, 6) is -1.10. The van der Waals surface area contributed by atoms with E-state index in [1.165, 1.54) is 31.5 Å². The molecule has 10 nitrogen and oxygen atoms in total. The fourth-order valence-electron chi connectivity index (χ4n) is 3.91. The summed E-state index contributed by atoms with van der Waals surface area (Å²) in [7, 11) is 1.43. The van der Waals surface area contributed by atoms with E-state index in [-0.39, 0.29) is 35.9 Å². The lowest BCUT2D eigenvalue weighted by Crippen LogP contribution is -2.30. The Hall–Kier alpha value is -5.11. The largest absolute Gasteiger partial charge is 0.493 e. The van der Waals surface area contributed by atoms with Crippen LogP contribution in [0.15, 0.2) is 66.9 Å². The van der Waals surface area contributed by atoms with Crippen LogP contribution in [0.3, 0.4) is 0 Å². The SMILES string of the molecule is COc1cc2c(Oc3ccc(NC(=O)Nc4ccc(C(F)(F)F)cc4)cc3F)ccnc2cc1OCCC[C@@H](N)C(=O)O. The highest BCUT2D eigenvalue weighted by Gasteiger charge is 2.30. The number of carbonyl (C=O) groups is 2. The van der Waals surface area contributed by atoms with Crippen molar-refractivity contribution in [1.82, 2.24) is 4.98 Å². The molecule has 3 aromatic carbocycles. The molecule has 5 N–H and O–H groups in total. The number of carboxylic acids is 1. The van der Waals surface area contributed by atoms with Crippen molar-refractivity contribution in [3.63, 3.8) is 0 Å². The van der Waals surface area contributed by atoms with E-state index in [0.717, 1.165) is 30.3 Å². The molecule has 0 fully saturated rings. The van der Waals surface area contributed by atoms with Crippen LogP contribution in [0.25, 0.3) is 10.9 Å². The number of aromatic nitrogens is 1. The lowest BCUT2D eigenvalue weighted by Gasteiger charge is -2.15. The Kier molecular flexibility index (Phi) is 9.50. The Labute approximate surface area is 242 Å². The number of benzene rings is 3. The zero-order chi connectivity index (χ0) is 31.1. The first-order chi connectivity index (χ1) is 20.4. The number of nitrogens with two attached hydrogens (primary N) is 1. The summed E-state index contributed by atoms with van der Waals surface area (Å²) in [5.41, 5.74) is 5.29. The number of nitrogens with one attached hydrogen (secondary N) is 2. The van der Waals surface area contributed by atoms with Crippen molar-refractivity contribution in [2.45, 2.75) is 25.1 Å². The number of alkyl halides is 3. The van der Waals surface area contributed by atoms with Crippen molar-refractivity contribution in [3.8, 4) is 23.0 Å². The Morgan fingerprint density at radius 1 is 0.953 bits per heavy atom. The summed E-state index contributed by atoms with van der Waals surface area (Å²) in [6.45, 7) is 0.187. The third kappa shape index (κ3) is 8.01. The fraction of sp³-hybridized carbons (Fsp3) is 0.207. The third-order valence-electron chi connectivity index (χ3n) is 6.10. The molecular formula is C29H26F4N4O6. The number of urea groups is 1. The molecule has 2 amide bonds. The van der Waals surface area contributed by atoms with Gasteiger partial charge in [-0.05, 0) is 61.4 Å². The zero-order valence-electron chi connectivity index (χ0n) is 22.6. The van der Waals surface area contributed by atoms with Crippen LogP contribution < -0.4 is 30.6 Å². The number of carbonyl (C=O) groups excluding carboxylic acids is 1. The van der Waals surface area contributed by atoms with Gasteiger partial charge in [0, 0.05) is 35.1 Å². The normalized spacial score (nSPS) is 12.0. The molecule has 226 valence electrons. The zero-order valence-corrected chi connectivity index (χ0v) is 22.6. The van der Waals surface area contributed by atoms with Gasteiger partial charge in [-0.25, -0.2) is 9.18 Å². The molecule has 0 aliphatic rings.